The van der Waals surface area contributed by atoms with Crippen molar-refractivity contribution in [3.63, 3.8) is 0 Å². The molecule has 2 rings (SSSR count). The number of carbonyl (C=O) groups is 2. The second-order valence-electron chi connectivity index (χ2n) is 3.82. The molecule has 2 aromatic carbocycles. The van der Waals surface area contributed by atoms with Crippen molar-refractivity contribution in [1.29, 1.82) is 0 Å². The highest BCUT2D eigenvalue weighted by Gasteiger charge is 1.99. The maximum Gasteiger partial charge on any atom is 0.142 e. The van der Waals surface area contributed by atoms with Crippen LogP contribution in [0.1, 0.15) is 11.1 Å². The molecule has 0 unspecified atom stereocenters. The number of hydrogen-bond donors (Lipinski definition) is 0. The van der Waals surface area contributed by atoms with E-state index in [0.29, 0.717) is 0 Å². The fourth-order valence-corrected chi connectivity index (χ4v) is 1.85. The van der Waals surface area contributed by atoms with Gasteiger partial charge in [0, 0.05) is 0 Å². The molecule has 0 radical (unpaired) electrons. The standard InChI is InChI=1S/C16H12O2/c17-9-3-7-15-11-13-5-1-2-6-14(13)12-16(15)8-4-10-18/h1-12H/b7-3+,8-4+. The maximum atomic E-state index is 10.4. The number of rotatable bonds is 4. The molecule has 0 aliphatic carbocycles. The van der Waals surface area contributed by atoms with Crippen molar-refractivity contribution in [1.82, 2.24) is 0 Å². The zero-order chi connectivity index (χ0) is 12.8. The highest BCUT2D eigenvalue weighted by molar-refractivity contribution is 5.90. The SMILES string of the molecule is O=C/C=C/c1cc2ccccc2cc1/C=C/C=O. The van der Waals surface area contributed by atoms with Gasteiger partial charge in [-0.3, -0.25) is 9.59 Å². The summed E-state index contributed by atoms with van der Waals surface area (Å²) >= 11 is 0. The third-order valence-corrected chi connectivity index (χ3v) is 2.66. The quantitative estimate of drug-likeness (QED) is 0.603. The largest absolute Gasteiger partial charge is 0.299 e. The summed E-state index contributed by atoms with van der Waals surface area (Å²) in [5.41, 5.74) is 1.83. The van der Waals surface area contributed by atoms with E-state index in [0.717, 1.165) is 34.5 Å². The van der Waals surface area contributed by atoms with Crippen molar-refractivity contribution in [2.24, 2.45) is 0 Å². The molecule has 0 N–H and O–H groups in total. The number of fused-ring (bicyclic) bond motifs is 1. The highest BCUT2D eigenvalue weighted by atomic mass is 16.1. The lowest BCUT2D eigenvalue weighted by molar-refractivity contribution is -0.104. The van der Waals surface area contributed by atoms with Crippen LogP contribution < -0.4 is 0 Å². The van der Waals surface area contributed by atoms with Gasteiger partial charge < -0.3 is 0 Å². The molecule has 0 saturated heterocycles. The fraction of sp³-hybridized carbons (Fsp3) is 0. The summed E-state index contributed by atoms with van der Waals surface area (Å²) in [6.07, 6.45) is 7.85. The molecule has 2 nitrogen and oxygen atoms in total. The first-order chi connectivity index (χ1) is 8.85. The molecular formula is C16H12O2. The predicted molar refractivity (Wildman–Crippen MR) is 74.1 cm³/mol. The summed E-state index contributed by atoms with van der Waals surface area (Å²) < 4.78 is 0. The van der Waals surface area contributed by atoms with Crippen molar-refractivity contribution < 1.29 is 9.59 Å². The van der Waals surface area contributed by atoms with Crippen molar-refractivity contribution in [2.75, 3.05) is 0 Å². The Hall–Kier alpha value is -2.48. The first-order valence-electron chi connectivity index (χ1n) is 5.61. The summed E-state index contributed by atoms with van der Waals surface area (Å²) in [4.78, 5) is 20.8. The Bertz CT molecular complexity index is 580. The van der Waals surface area contributed by atoms with Gasteiger partial charge in [-0.05, 0) is 46.2 Å². The second kappa shape index (κ2) is 5.73. The molecule has 0 fully saturated rings. The van der Waals surface area contributed by atoms with E-state index >= 15 is 0 Å². The first-order valence-corrected chi connectivity index (χ1v) is 5.61. The molecule has 0 aliphatic heterocycles. The molecule has 0 aromatic heterocycles. The van der Waals surface area contributed by atoms with Crippen molar-refractivity contribution >= 4 is 35.5 Å². The summed E-state index contributed by atoms with van der Waals surface area (Å²) in [5.74, 6) is 0. The lowest BCUT2D eigenvalue weighted by atomic mass is 10.00. The van der Waals surface area contributed by atoms with E-state index in [-0.39, 0.29) is 0 Å². The fourth-order valence-electron chi connectivity index (χ4n) is 1.85. The first kappa shape index (κ1) is 12.0. The topological polar surface area (TPSA) is 34.1 Å². The number of aldehydes is 2. The smallest absolute Gasteiger partial charge is 0.142 e. The van der Waals surface area contributed by atoms with Crippen LogP contribution in [-0.4, -0.2) is 12.6 Å². The lowest BCUT2D eigenvalue weighted by Gasteiger charge is -2.04. The Morgan fingerprint density at radius 1 is 0.722 bits per heavy atom. The van der Waals surface area contributed by atoms with E-state index in [4.69, 9.17) is 0 Å². The van der Waals surface area contributed by atoms with Crippen LogP contribution in [0.25, 0.3) is 22.9 Å². The van der Waals surface area contributed by atoms with Gasteiger partial charge in [-0.2, -0.15) is 0 Å². The molecular weight excluding hydrogens is 224 g/mol. The molecule has 0 heterocycles. The van der Waals surface area contributed by atoms with Crippen LogP contribution in [0.2, 0.25) is 0 Å². The average Bonchev–Trinajstić information content (AvgIpc) is 2.42. The molecule has 2 aromatic rings. The molecule has 0 spiro atoms. The van der Waals surface area contributed by atoms with Crippen LogP contribution in [0.3, 0.4) is 0 Å². The summed E-state index contributed by atoms with van der Waals surface area (Å²) in [6.45, 7) is 0. The Labute approximate surface area is 105 Å². The predicted octanol–water partition coefficient (Wildman–Crippen LogP) is 3.26. The minimum atomic E-state index is 0.739. The number of benzene rings is 2. The van der Waals surface area contributed by atoms with Crippen LogP contribution in [0.15, 0.2) is 48.6 Å². The Kier molecular flexibility index (Phi) is 3.82. The summed E-state index contributed by atoms with van der Waals surface area (Å²) in [5, 5.41) is 2.21. The van der Waals surface area contributed by atoms with Crippen molar-refractivity contribution in [3.8, 4) is 0 Å². The zero-order valence-corrected chi connectivity index (χ0v) is 9.74. The molecule has 0 bridgehead atoms. The minimum absolute atomic E-state index is 0.739. The Morgan fingerprint density at radius 3 is 1.56 bits per heavy atom. The van der Waals surface area contributed by atoms with Gasteiger partial charge in [0.1, 0.15) is 12.6 Å². The monoisotopic (exact) mass is 236 g/mol. The average molecular weight is 236 g/mol. The molecule has 0 aliphatic rings. The van der Waals surface area contributed by atoms with E-state index in [1.807, 2.05) is 36.4 Å². The zero-order valence-electron chi connectivity index (χ0n) is 9.74. The Balaban J connectivity index is 2.62. The van der Waals surface area contributed by atoms with Gasteiger partial charge in [-0.15, -0.1) is 0 Å². The van der Waals surface area contributed by atoms with Crippen LogP contribution >= 0.6 is 0 Å². The van der Waals surface area contributed by atoms with Crippen LogP contribution in [0.4, 0.5) is 0 Å². The van der Waals surface area contributed by atoms with Gasteiger partial charge in [0.2, 0.25) is 0 Å². The maximum absolute atomic E-state index is 10.4. The van der Waals surface area contributed by atoms with Crippen LogP contribution in [0, 0.1) is 0 Å². The molecule has 88 valence electrons. The molecule has 0 amide bonds. The van der Waals surface area contributed by atoms with E-state index in [9.17, 15) is 9.59 Å². The van der Waals surface area contributed by atoms with E-state index in [1.165, 1.54) is 12.2 Å². The van der Waals surface area contributed by atoms with Gasteiger partial charge in [0.05, 0.1) is 0 Å². The normalized spacial score (nSPS) is 11.3. The van der Waals surface area contributed by atoms with Crippen LogP contribution in [-0.2, 0) is 9.59 Å². The number of allylic oxidation sites excluding steroid dienone is 2. The van der Waals surface area contributed by atoms with Gasteiger partial charge in [0.15, 0.2) is 0 Å². The third-order valence-electron chi connectivity index (χ3n) is 2.66. The molecule has 0 saturated carbocycles. The summed E-state index contributed by atoms with van der Waals surface area (Å²) in [6, 6.07) is 12.0. The van der Waals surface area contributed by atoms with E-state index in [1.54, 1.807) is 12.2 Å². The van der Waals surface area contributed by atoms with Gasteiger partial charge in [-0.1, -0.05) is 36.4 Å². The van der Waals surface area contributed by atoms with Crippen LogP contribution in [0.5, 0.6) is 0 Å². The molecule has 2 heteroatoms. The van der Waals surface area contributed by atoms with Gasteiger partial charge in [0.25, 0.3) is 0 Å². The van der Waals surface area contributed by atoms with Crippen molar-refractivity contribution in [2.45, 2.75) is 0 Å². The third kappa shape index (κ3) is 2.61. The molecule has 0 atom stereocenters. The number of hydrogen-bond acceptors (Lipinski definition) is 2. The lowest BCUT2D eigenvalue weighted by Crippen LogP contribution is -1.83. The van der Waals surface area contributed by atoms with Crippen molar-refractivity contribution in [3.05, 3.63) is 59.7 Å². The van der Waals surface area contributed by atoms with Gasteiger partial charge in [-0.25, -0.2) is 0 Å². The highest BCUT2D eigenvalue weighted by Crippen LogP contribution is 2.22. The van der Waals surface area contributed by atoms with E-state index in [2.05, 4.69) is 0 Å². The molecule has 18 heavy (non-hydrogen) atoms. The second-order valence-corrected chi connectivity index (χ2v) is 3.82. The Morgan fingerprint density at radius 2 is 1.17 bits per heavy atom. The van der Waals surface area contributed by atoms with E-state index < -0.39 is 0 Å². The summed E-state index contributed by atoms with van der Waals surface area (Å²) in [7, 11) is 0. The minimum Gasteiger partial charge on any atom is -0.299 e. The number of carbonyl (C=O) groups excluding carboxylic acids is 2. The van der Waals surface area contributed by atoms with Gasteiger partial charge >= 0.3 is 0 Å².